The van der Waals surface area contributed by atoms with Crippen molar-refractivity contribution in [2.75, 3.05) is 10.0 Å². The second-order valence-electron chi connectivity index (χ2n) is 7.85. The molecule has 0 bridgehead atoms. The van der Waals surface area contributed by atoms with Gasteiger partial charge in [0.1, 0.15) is 4.90 Å². The van der Waals surface area contributed by atoms with Crippen LogP contribution >= 0.6 is 11.6 Å². The average molecular weight is 457 g/mol. The molecule has 7 heteroatoms. The van der Waals surface area contributed by atoms with E-state index in [1.807, 2.05) is 52.8 Å². The van der Waals surface area contributed by atoms with E-state index in [0.29, 0.717) is 11.4 Å². The highest BCUT2D eigenvalue weighted by molar-refractivity contribution is 7.92. The molecule has 3 rings (SSSR count). The Morgan fingerprint density at radius 3 is 1.94 bits per heavy atom. The third kappa shape index (κ3) is 5.27. The Bertz CT molecular complexity index is 1240. The van der Waals surface area contributed by atoms with Crippen LogP contribution in [-0.2, 0) is 10.0 Å². The van der Waals surface area contributed by atoms with E-state index in [2.05, 4.69) is 10.0 Å². The number of halogens is 1. The molecule has 3 aromatic carbocycles. The van der Waals surface area contributed by atoms with E-state index in [0.717, 1.165) is 27.8 Å². The van der Waals surface area contributed by atoms with Gasteiger partial charge in [0, 0.05) is 16.9 Å². The van der Waals surface area contributed by atoms with E-state index in [9.17, 15) is 13.2 Å². The molecule has 2 N–H and O–H groups in total. The lowest BCUT2D eigenvalue weighted by Gasteiger charge is -2.14. The van der Waals surface area contributed by atoms with Gasteiger partial charge in [-0.15, -0.1) is 0 Å². The number of hydrogen-bond donors (Lipinski definition) is 2. The third-order valence-electron chi connectivity index (χ3n) is 4.87. The second-order valence-corrected chi connectivity index (χ2v) is 9.91. The van der Waals surface area contributed by atoms with E-state index in [1.165, 1.54) is 18.2 Å². The van der Waals surface area contributed by atoms with Gasteiger partial charge in [-0.1, -0.05) is 35.4 Å². The first-order valence-electron chi connectivity index (χ1n) is 9.76. The molecule has 0 aliphatic rings. The van der Waals surface area contributed by atoms with Crippen molar-refractivity contribution in [3.8, 4) is 0 Å². The smallest absolute Gasteiger partial charge is 0.263 e. The van der Waals surface area contributed by atoms with Gasteiger partial charge >= 0.3 is 0 Å². The summed E-state index contributed by atoms with van der Waals surface area (Å²) in [4.78, 5) is 12.7. The van der Waals surface area contributed by atoms with Gasteiger partial charge in [0.05, 0.1) is 5.02 Å². The molecule has 0 fully saturated rings. The first-order valence-corrected chi connectivity index (χ1v) is 11.6. The van der Waals surface area contributed by atoms with Gasteiger partial charge in [0.25, 0.3) is 15.9 Å². The maximum Gasteiger partial charge on any atom is 0.263 e. The second kappa shape index (κ2) is 8.73. The number of hydrogen-bond acceptors (Lipinski definition) is 3. The van der Waals surface area contributed by atoms with Crippen LogP contribution in [0.15, 0.2) is 53.4 Å². The first-order chi connectivity index (χ1) is 14.5. The van der Waals surface area contributed by atoms with Gasteiger partial charge in [-0.3, -0.25) is 9.52 Å². The van der Waals surface area contributed by atoms with Crippen molar-refractivity contribution < 1.29 is 13.2 Å². The van der Waals surface area contributed by atoms with E-state index < -0.39 is 15.9 Å². The Morgan fingerprint density at radius 1 is 0.806 bits per heavy atom. The molecule has 1 amide bonds. The molecule has 0 aromatic heterocycles. The summed E-state index contributed by atoms with van der Waals surface area (Å²) < 4.78 is 28.5. The summed E-state index contributed by atoms with van der Waals surface area (Å²) >= 11 is 6.19. The van der Waals surface area contributed by atoms with Gasteiger partial charge in [-0.05, 0) is 87.2 Å². The lowest BCUT2D eigenvalue weighted by Crippen LogP contribution is -2.17. The molecule has 0 saturated carbocycles. The quantitative estimate of drug-likeness (QED) is 0.499. The molecular formula is C24H25ClN2O3S. The predicted molar refractivity (Wildman–Crippen MR) is 127 cm³/mol. The molecule has 0 aliphatic heterocycles. The molecule has 162 valence electrons. The minimum absolute atomic E-state index is 0.0381. The van der Waals surface area contributed by atoms with Crippen LogP contribution in [0.3, 0.4) is 0 Å². The van der Waals surface area contributed by atoms with E-state index >= 15 is 0 Å². The molecule has 31 heavy (non-hydrogen) atoms. The number of amides is 1. The van der Waals surface area contributed by atoms with E-state index in [4.69, 9.17) is 11.6 Å². The number of rotatable bonds is 5. The highest BCUT2D eigenvalue weighted by Gasteiger charge is 2.21. The molecule has 0 aliphatic carbocycles. The van der Waals surface area contributed by atoms with Crippen LogP contribution in [0.4, 0.5) is 11.4 Å². The number of carbonyl (C=O) groups excluding carboxylic acids is 1. The highest BCUT2D eigenvalue weighted by Crippen LogP contribution is 2.27. The number of aryl methyl sites for hydroxylation is 5. The molecule has 0 unspecified atom stereocenters. The Hall–Kier alpha value is -2.83. The Kier molecular flexibility index (Phi) is 6.43. The van der Waals surface area contributed by atoms with Crippen molar-refractivity contribution in [2.45, 2.75) is 39.5 Å². The molecule has 0 heterocycles. The fourth-order valence-electron chi connectivity index (χ4n) is 3.66. The Balaban J connectivity index is 1.93. The summed E-state index contributed by atoms with van der Waals surface area (Å²) in [5.41, 5.74) is 6.18. The largest absolute Gasteiger partial charge is 0.322 e. The summed E-state index contributed by atoms with van der Waals surface area (Å²) in [5, 5.41) is 2.93. The average Bonchev–Trinajstić information content (AvgIpc) is 2.63. The third-order valence-corrected chi connectivity index (χ3v) is 6.74. The minimum Gasteiger partial charge on any atom is -0.322 e. The van der Waals surface area contributed by atoms with Crippen LogP contribution in [0, 0.1) is 34.6 Å². The molecule has 0 spiro atoms. The van der Waals surface area contributed by atoms with Crippen LogP contribution < -0.4 is 10.0 Å². The monoisotopic (exact) mass is 456 g/mol. The van der Waals surface area contributed by atoms with Gasteiger partial charge in [0.15, 0.2) is 0 Å². The van der Waals surface area contributed by atoms with Gasteiger partial charge < -0.3 is 5.32 Å². The number of nitrogens with one attached hydrogen (secondary N) is 2. The predicted octanol–water partition coefficient (Wildman–Crippen LogP) is 5.94. The fourth-order valence-corrected chi connectivity index (χ4v) is 5.22. The van der Waals surface area contributed by atoms with Crippen LogP contribution in [0.1, 0.15) is 38.2 Å². The van der Waals surface area contributed by atoms with Crippen molar-refractivity contribution in [3.63, 3.8) is 0 Å². The van der Waals surface area contributed by atoms with E-state index in [1.54, 1.807) is 12.1 Å². The number of sulfonamides is 1. The van der Waals surface area contributed by atoms with Crippen molar-refractivity contribution in [3.05, 3.63) is 86.9 Å². The number of benzene rings is 3. The number of carbonyl (C=O) groups is 1. The summed E-state index contributed by atoms with van der Waals surface area (Å²) in [6.07, 6.45) is 0. The SMILES string of the molecule is Cc1cc(C)cc(NS(=O)(=O)c2cc(C(=O)Nc3c(C)cc(C)cc3C)ccc2Cl)c1. The maximum absolute atomic E-state index is 13.0. The molecule has 3 aromatic rings. The van der Waals surface area contributed by atoms with E-state index in [-0.39, 0.29) is 15.5 Å². The van der Waals surface area contributed by atoms with Gasteiger partial charge in [-0.2, -0.15) is 0 Å². The van der Waals surface area contributed by atoms with Crippen molar-refractivity contribution in [1.82, 2.24) is 0 Å². The fraction of sp³-hybridized carbons (Fsp3) is 0.208. The molecule has 5 nitrogen and oxygen atoms in total. The van der Waals surface area contributed by atoms with Crippen LogP contribution in [-0.4, -0.2) is 14.3 Å². The molecule has 0 radical (unpaired) electrons. The van der Waals surface area contributed by atoms with Crippen molar-refractivity contribution >= 4 is 38.9 Å². The number of anilines is 2. The summed E-state index contributed by atoms with van der Waals surface area (Å²) in [6, 6.07) is 13.6. The summed E-state index contributed by atoms with van der Waals surface area (Å²) in [6.45, 7) is 9.60. The maximum atomic E-state index is 13.0. The van der Waals surface area contributed by atoms with Crippen LogP contribution in [0.5, 0.6) is 0 Å². The van der Waals surface area contributed by atoms with Crippen molar-refractivity contribution in [2.24, 2.45) is 0 Å². The zero-order chi connectivity index (χ0) is 22.9. The Labute approximate surface area is 188 Å². The minimum atomic E-state index is -3.99. The summed E-state index contributed by atoms with van der Waals surface area (Å²) in [7, 11) is -3.99. The highest BCUT2D eigenvalue weighted by atomic mass is 35.5. The van der Waals surface area contributed by atoms with Crippen LogP contribution in [0.25, 0.3) is 0 Å². The normalized spacial score (nSPS) is 11.3. The first kappa shape index (κ1) is 22.8. The summed E-state index contributed by atoms with van der Waals surface area (Å²) in [5.74, 6) is -0.408. The molecule has 0 saturated heterocycles. The zero-order valence-electron chi connectivity index (χ0n) is 18.1. The zero-order valence-corrected chi connectivity index (χ0v) is 19.7. The topological polar surface area (TPSA) is 75.3 Å². The molecular weight excluding hydrogens is 432 g/mol. The van der Waals surface area contributed by atoms with Crippen LogP contribution in [0.2, 0.25) is 5.02 Å². The lowest BCUT2D eigenvalue weighted by molar-refractivity contribution is 0.102. The Morgan fingerprint density at radius 2 is 1.35 bits per heavy atom. The van der Waals surface area contributed by atoms with Gasteiger partial charge in [-0.25, -0.2) is 8.42 Å². The molecule has 0 atom stereocenters. The lowest BCUT2D eigenvalue weighted by atomic mass is 10.0. The van der Waals surface area contributed by atoms with Gasteiger partial charge in [0.2, 0.25) is 0 Å². The standard InChI is InChI=1S/C24H25ClN2O3S/c1-14-8-15(2)12-20(11-14)27-31(29,30)22-13-19(6-7-21(22)25)24(28)26-23-17(4)9-16(3)10-18(23)5/h6-13,27H,1-5H3,(H,26,28). The van der Waals surface area contributed by atoms with Crippen molar-refractivity contribution in [1.29, 1.82) is 0 Å².